The molecule has 0 N–H and O–H groups in total. The van der Waals surface area contributed by atoms with E-state index in [1.54, 1.807) is 6.92 Å². The number of rotatable bonds is 8. The lowest BCUT2D eigenvalue weighted by atomic mass is 10.2. The number of carbonyl (C=O) groups is 2. The van der Waals surface area contributed by atoms with Crippen molar-refractivity contribution in [3.63, 3.8) is 0 Å². The lowest BCUT2D eigenvalue weighted by Crippen LogP contribution is -2.32. The molecule has 0 aromatic carbocycles. The first-order chi connectivity index (χ1) is 7.65. The van der Waals surface area contributed by atoms with Crippen LogP contribution in [-0.2, 0) is 14.3 Å². The second-order valence-electron chi connectivity index (χ2n) is 4.29. The van der Waals surface area contributed by atoms with E-state index in [2.05, 4.69) is 4.90 Å². The maximum Gasteiger partial charge on any atom is 0.313 e. The molecule has 0 spiro atoms. The van der Waals surface area contributed by atoms with Crippen LogP contribution in [0.4, 0.5) is 0 Å². The number of nitrogens with zero attached hydrogens (tertiary/aromatic N) is 1. The van der Waals surface area contributed by atoms with Gasteiger partial charge in [-0.2, -0.15) is 0 Å². The molecule has 0 atom stereocenters. The van der Waals surface area contributed by atoms with Crippen LogP contribution in [0.5, 0.6) is 0 Å². The van der Waals surface area contributed by atoms with Crippen molar-refractivity contribution in [3.05, 3.63) is 0 Å². The van der Waals surface area contributed by atoms with E-state index in [4.69, 9.17) is 4.74 Å². The average Bonchev–Trinajstić information content (AvgIpc) is 3.00. The van der Waals surface area contributed by atoms with E-state index in [9.17, 15) is 9.59 Å². The average molecular weight is 227 g/mol. The minimum absolute atomic E-state index is 0.0408. The van der Waals surface area contributed by atoms with E-state index < -0.39 is 5.97 Å². The summed E-state index contributed by atoms with van der Waals surface area (Å²) in [5, 5.41) is 0. The summed E-state index contributed by atoms with van der Waals surface area (Å²) >= 11 is 0. The van der Waals surface area contributed by atoms with Crippen molar-refractivity contribution < 1.29 is 14.3 Å². The van der Waals surface area contributed by atoms with Crippen molar-refractivity contribution in [3.8, 4) is 0 Å². The molecule has 0 unspecified atom stereocenters. The van der Waals surface area contributed by atoms with Crippen molar-refractivity contribution >= 4 is 11.8 Å². The van der Waals surface area contributed by atoms with Crippen molar-refractivity contribution in [2.45, 2.75) is 33.1 Å². The van der Waals surface area contributed by atoms with Gasteiger partial charge in [-0.25, -0.2) is 0 Å². The fourth-order valence-corrected chi connectivity index (χ4v) is 1.65. The summed E-state index contributed by atoms with van der Waals surface area (Å²) in [5.41, 5.74) is 0. The van der Waals surface area contributed by atoms with Gasteiger partial charge >= 0.3 is 5.97 Å². The normalized spacial score (nSPS) is 15.2. The van der Waals surface area contributed by atoms with Crippen LogP contribution in [0, 0.1) is 5.92 Å². The van der Waals surface area contributed by atoms with Gasteiger partial charge in [0.1, 0.15) is 6.42 Å². The van der Waals surface area contributed by atoms with Crippen LogP contribution < -0.4 is 0 Å². The second kappa shape index (κ2) is 6.63. The molecule has 0 heterocycles. The summed E-state index contributed by atoms with van der Waals surface area (Å²) in [6.07, 6.45) is 2.47. The topological polar surface area (TPSA) is 46.6 Å². The number of Topliss-reactive ketones (excluding diaryl/α,β-unsaturated/α-hetero) is 1. The van der Waals surface area contributed by atoms with Crippen molar-refractivity contribution in [2.75, 3.05) is 26.2 Å². The zero-order chi connectivity index (χ0) is 12.0. The molecule has 1 saturated carbocycles. The molecule has 1 aliphatic carbocycles. The Morgan fingerprint density at radius 1 is 1.31 bits per heavy atom. The monoisotopic (exact) mass is 227 g/mol. The van der Waals surface area contributed by atoms with Gasteiger partial charge in [0.15, 0.2) is 5.78 Å². The van der Waals surface area contributed by atoms with E-state index in [0.29, 0.717) is 13.2 Å². The first kappa shape index (κ1) is 13.2. The van der Waals surface area contributed by atoms with Gasteiger partial charge in [0.25, 0.3) is 0 Å². The Labute approximate surface area is 96.9 Å². The van der Waals surface area contributed by atoms with E-state index in [0.717, 1.165) is 19.0 Å². The highest BCUT2D eigenvalue weighted by molar-refractivity contribution is 5.96. The summed E-state index contributed by atoms with van der Waals surface area (Å²) in [5.74, 6) is 0.325. The van der Waals surface area contributed by atoms with Crippen molar-refractivity contribution in [1.82, 2.24) is 4.90 Å². The number of ketones is 1. The second-order valence-corrected chi connectivity index (χ2v) is 4.29. The predicted molar refractivity (Wildman–Crippen MR) is 61.1 cm³/mol. The Balaban J connectivity index is 2.21. The molecule has 0 aromatic heterocycles. The molecule has 1 rings (SSSR count). The zero-order valence-electron chi connectivity index (χ0n) is 10.2. The Bertz CT molecular complexity index is 249. The lowest BCUT2D eigenvalue weighted by molar-refractivity contribution is -0.145. The van der Waals surface area contributed by atoms with Crippen molar-refractivity contribution in [2.24, 2.45) is 5.92 Å². The van der Waals surface area contributed by atoms with Gasteiger partial charge in [-0.15, -0.1) is 0 Å². The van der Waals surface area contributed by atoms with E-state index in [-0.39, 0.29) is 12.2 Å². The maximum absolute atomic E-state index is 11.6. The van der Waals surface area contributed by atoms with Crippen molar-refractivity contribution in [1.29, 1.82) is 0 Å². The third kappa shape index (κ3) is 5.26. The Hall–Kier alpha value is -0.900. The minimum atomic E-state index is -0.407. The summed E-state index contributed by atoms with van der Waals surface area (Å²) in [7, 11) is 0. The molecule has 16 heavy (non-hydrogen) atoms. The van der Waals surface area contributed by atoms with Crippen LogP contribution in [0.15, 0.2) is 0 Å². The first-order valence-corrected chi connectivity index (χ1v) is 6.05. The van der Waals surface area contributed by atoms with Gasteiger partial charge in [-0.1, -0.05) is 6.92 Å². The van der Waals surface area contributed by atoms with Gasteiger partial charge in [0.05, 0.1) is 13.2 Å². The molecule has 92 valence electrons. The molecule has 0 radical (unpaired) electrons. The highest BCUT2D eigenvalue weighted by Gasteiger charge is 2.24. The fraction of sp³-hybridized carbons (Fsp3) is 0.833. The molecule has 0 bridgehead atoms. The SMILES string of the molecule is CCOC(=O)CC(=O)CN(CC)CC1CC1. The number of likely N-dealkylation sites (N-methyl/N-ethyl adjacent to an activating group) is 1. The largest absolute Gasteiger partial charge is 0.466 e. The van der Waals surface area contributed by atoms with E-state index in [1.807, 2.05) is 6.92 Å². The van der Waals surface area contributed by atoms with Gasteiger partial charge in [0, 0.05) is 6.54 Å². The van der Waals surface area contributed by atoms with Crippen LogP contribution in [0.2, 0.25) is 0 Å². The van der Waals surface area contributed by atoms with Crippen LogP contribution >= 0.6 is 0 Å². The van der Waals surface area contributed by atoms with Crippen LogP contribution in [-0.4, -0.2) is 42.9 Å². The number of carbonyl (C=O) groups excluding carboxylic acids is 2. The highest BCUT2D eigenvalue weighted by atomic mass is 16.5. The Kier molecular flexibility index (Phi) is 5.46. The number of hydrogen-bond donors (Lipinski definition) is 0. The fourth-order valence-electron chi connectivity index (χ4n) is 1.65. The summed E-state index contributed by atoms with van der Waals surface area (Å²) in [4.78, 5) is 24.8. The standard InChI is InChI=1S/C12H21NO3/c1-3-13(8-10-5-6-10)9-11(14)7-12(15)16-4-2/h10H,3-9H2,1-2H3. The molecule has 0 saturated heterocycles. The van der Waals surface area contributed by atoms with E-state index in [1.165, 1.54) is 12.8 Å². The molecular formula is C12H21NO3. The predicted octanol–water partition coefficient (Wildman–Crippen LogP) is 1.24. The molecule has 4 nitrogen and oxygen atoms in total. The molecule has 1 fully saturated rings. The molecular weight excluding hydrogens is 206 g/mol. The summed E-state index contributed by atoms with van der Waals surface area (Å²) in [6.45, 7) is 6.36. The van der Waals surface area contributed by atoms with E-state index >= 15 is 0 Å². The zero-order valence-corrected chi connectivity index (χ0v) is 10.2. The lowest BCUT2D eigenvalue weighted by Gasteiger charge is -2.18. The van der Waals surface area contributed by atoms with Gasteiger partial charge in [-0.05, 0) is 32.2 Å². The Morgan fingerprint density at radius 2 is 2.00 bits per heavy atom. The van der Waals surface area contributed by atoms with Gasteiger partial charge < -0.3 is 4.74 Å². The summed E-state index contributed by atoms with van der Waals surface area (Å²) < 4.78 is 4.74. The maximum atomic E-state index is 11.6. The number of ether oxygens (including phenoxy) is 1. The molecule has 0 aromatic rings. The molecule has 0 amide bonds. The first-order valence-electron chi connectivity index (χ1n) is 6.05. The third-order valence-corrected chi connectivity index (χ3v) is 2.71. The number of hydrogen-bond acceptors (Lipinski definition) is 4. The third-order valence-electron chi connectivity index (χ3n) is 2.71. The quantitative estimate of drug-likeness (QED) is 0.462. The Morgan fingerprint density at radius 3 is 2.50 bits per heavy atom. The smallest absolute Gasteiger partial charge is 0.313 e. The molecule has 0 aliphatic heterocycles. The summed E-state index contributed by atoms with van der Waals surface area (Å²) in [6, 6.07) is 0. The van der Waals surface area contributed by atoms with Crippen LogP contribution in [0.25, 0.3) is 0 Å². The molecule has 1 aliphatic rings. The van der Waals surface area contributed by atoms with Gasteiger partial charge in [0.2, 0.25) is 0 Å². The minimum Gasteiger partial charge on any atom is -0.466 e. The van der Waals surface area contributed by atoms with Gasteiger partial charge in [-0.3, -0.25) is 14.5 Å². The highest BCUT2D eigenvalue weighted by Crippen LogP contribution is 2.29. The van der Waals surface area contributed by atoms with Crippen LogP contribution in [0.1, 0.15) is 33.1 Å². The van der Waals surface area contributed by atoms with Crippen LogP contribution in [0.3, 0.4) is 0 Å². The number of esters is 1. The molecule has 4 heteroatoms.